The van der Waals surface area contributed by atoms with Gasteiger partial charge in [0, 0.05) is 12.5 Å². The molecule has 4 nitrogen and oxygen atoms in total. The molecule has 0 aliphatic heterocycles. The van der Waals surface area contributed by atoms with Gasteiger partial charge in [-0.1, -0.05) is 42.5 Å². The van der Waals surface area contributed by atoms with Crippen LogP contribution >= 0.6 is 0 Å². The lowest BCUT2D eigenvalue weighted by molar-refractivity contribution is -0.138. The van der Waals surface area contributed by atoms with Crippen molar-refractivity contribution in [3.8, 4) is 0 Å². The first-order chi connectivity index (χ1) is 13.0. The smallest absolute Gasteiger partial charge is 0.312 e. The number of hydrogen-bond donors (Lipinski definition) is 2. The number of hydrogen-bond acceptors (Lipinski definition) is 2. The molecule has 2 N–H and O–H groups in total. The maximum atomic E-state index is 13.0. The SMILES string of the molecule is O=C(NCC(C(=O)O)c1ccc(F)cc1)C1CCC(c2ccccc2)CC1. The van der Waals surface area contributed by atoms with Gasteiger partial charge in [0.15, 0.2) is 0 Å². The third-order valence-corrected chi connectivity index (χ3v) is 5.42. The Morgan fingerprint density at radius 3 is 2.22 bits per heavy atom. The molecular weight excluding hydrogens is 345 g/mol. The summed E-state index contributed by atoms with van der Waals surface area (Å²) in [6.45, 7) is 0.0123. The van der Waals surface area contributed by atoms with Crippen molar-refractivity contribution in [2.24, 2.45) is 5.92 Å². The molecule has 1 saturated carbocycles. The van der Waals surface area contributed by atoms with Gasteiger partial charge in [-0.3, -0.25) is 9.59 Å². The predicted molar refractivity (Wildman–Crippen MR) is 101 cm³/mol. The average Bonchev–Trinajstić information content (AvgIpc) is 2.70. The van der Waals surface area contributed by atoms with Gasteiger partial charge in [0.2, 0.25) is 5.91 Å². The summed E-state index contributed by atoms with van der Waals surface area (Å²) >= 11 is 0. The first-order valence-corrected chi connectivity index (χ1v) is 9.35. The fourth-order valence-electron chi connectivity index (χ4n) is 3.80. The molecule has 1 aliphatic carbocycles. The number of carboxylic acids is 1. The average molecular weight is 369 g/mol. The molecule has 1 atom stereocenters. The molecule has 0 spiro atoms. The van der Waals surface area contributed by atoms with Crippen LogP contribution in [0.25, 0.3) is 0 Å². The minimum atomic E-state index is -1.03. The molecule has 0 bridgehead atoms. The van der Waals surface area contributed by atoms with Crippen LogP contribution in [0.15, 0.2) is 54.6 Å². The highest BCUT2D eigenvalue weighted by atomic mass is 19.1. The Hall–Kier alpha value is -2.69. The van der Waals surface area contributed by atoms with E-state index in [1.54, 1.807) is 0 Å². The van der Waals surface area contributed by atoms with Crippen LogP contribution in [0.3, 0.4) is 0 Å². The minimum Gasteiger partial charge on any atom is -0.481 e. The van der Waals surface area contributed by atoms with Crippen LogP contribution in [0.1, 0.15) is 48.6 Å². The lowest BCUT2D eigenvalue weighted by atomic mass is 9.78. The first kappa shape index (κ1) is 19.1. The monoisotopic (exact) mass is 369 g/mol. The van der Waals surface area contributed by atoms with E-state index in [9.17, 15) is 19.1 Å². The van der Waals surface area contributed by atoms with Crippen LogP contribution < -0.4 is 5.32 Å². The van der Waals surface area contributed by atoms with Gasteiger partial charge in [-0.15, -0.1) is 0 Å². The molecule has 0 heterocycles. The standard InChI is InChI=1S/C22H24FNO3/c23-19-12-10-17(11-13-19)20(22(26)27)14-24-21(25)18-8-6-16(7-9-18)15-4-2-1-3-5-15/h1-5,10-13,16,18,20H,6-9,14H2,(H,24,25)(H,26,27). The zero-order chi connectivity index (χ0) is 19.2. The van der Waals surface area contributed by atoms with Gasteiger partial charge in [0.05, 0.1) is 5.92 Å². The molecule has 3 rings (SSSR count). The molecule has 0 saturated heterocycles. The maximum Gasteiger partial charge on any atom is 0.312 e. The highest BCUT2D eigenvalue weighted by Crippen LogP contribution is 2.35. The van der Waals surface area contributed by atoms with Crippen LogP contribution in [0, 0.1) is 11.7 Å². The van der Waals surface area contributed by atoms with E-state index >= 15 is 0 Å². The molecule has 142 valence electrons. The Bertz CT molecular complexity index is 768. The quantitative estimate of drug-likeness (QED) is 0.806. The van der Waals surface area contributed by atoms with E-state index in [4.69, 9.17) is 0 Å². The summed E-state index contributed by atoms with van der Waals surface area (Å²) < 4.78 is 13.0. The maximum absolute atomic E-state index is 13.0. The Morgan fingerprint density at radius 2 is 1.63 bits per heavy atom. The number of amides is 1. The van der Waals surface area contributed by atoms with Gasteiger partial charge in [0.25, 0.3) is 0 Å². The van der Waals surface area contributed by atoms with Gasteiger partial charge in [-0.2, -0.15) is 0 Å². The van der Waals surface area contributed by atoms with Crippen molar-refractivity contribution in [2.75, 3.05) is 6.54 Å². The summed E-state index contributed by atoms with van der Waals surface area (Å²) in [5, 5.41) is 12.2. The molecule has 1 fully saturated rings. The van der Waals surface area contributed by atoms with Gasteiger partial charge < -0.3 is 10.4 Å². The van der Waals surface area contributed by atoms with Crippen molar-refractivity contribution >= 4 is 11.9 Å². The van der Waals surface area contributed by atoms with E-state index in [1.165, 1.54) is 29.8 Å². The Morgan fingerprint density at radius 1 is 1.00 bits per heavy atom. The van der Waals surface area contributed by atoms with Gasteiger partial charge in [0.1, 0.15) is 5.82 Å². The number of halogens is 1. The molecule has 5 heteroatoms. The van der Waals surface area contributed by atoms with Crippen molar-refractivity contribution in [2.45, 2.75) is 37.5 Å². The Balaban J connectivity index is 1.53. The summed E-state index contributed by atoms with van der Waals surface area (Å²) in [5.41, 5.74) is 1.80. The number of aliphatic carboxylic acids is 1. The molecular formula is C22H24FNO3. The third-order valence-electron chi connectivity index (χ3n) is 5.42. The zero-order valence-corrected chi connectivity index (χ0v) is 15.1. The van der Waals surface area contributed by atoms with Crippen molar-refractivity contribution in [1.29, 1.82) is 0 Å². The lowest BCUT2D eigenvalue weighted by Crippen LogP contribution is -2.37. The molecule has 0 radical (unpaired) electrons. The second-order valence-electron chi connectivity index (χ2n) is 7.15. The minimum absolute atomic E-state index is 0.0123. The van der Waals surface area contributed by atoms with Crippen molar-refractivity contribution in [3.05, 3.63) is 71.5 Å². The molecule has 2 aromatic rings. The topological polar surface area (TPSA) is 66.4 Å². The summed E-state index contributed by atoms with van der Waals surface area (Å²) in [4.78, 5) is 24.0. The van der Waals surface area contributed by atoms with Crippen LogP contribution in [0.2, 0.25) is 0 Å². The second-order valence-corrected chi connectivity index (χ2v) is 7.15. The van der Waals surface area contributed by atoms with E-state index < -0.39 is 17.7 Å². The number of carbonyl (C=O) groups is 2. The highest BCUT2D eigenvalue weighted by molar-refractivity contribution is 5.81. The van der Waals surface area contributed by atoms with Crippen LogP contribution in [-0.4, -0.2) is 23.5 Å². The van der Waals surface area contributed by atoms with E-state index in [1.807, 2.05) is 18.2 Å². The normalized spacial score (nSPS) is 20.6. The molecule has 0 aromatic heterocycles. The largest absolute Gasteiger partial charge is 0.481 e. The lowest BCUT2D eigenvalue weighted by Gasteiger charge is -2.28. The fraction of sp³-hybridized carbons (Fsp3) is 0.364. The molecule has 1 amide bonds. The Labute approximate surface area is 158 Å². The van der Waals surface area contributed by atoms with Crippen molar-refractivity contribution < 1.29 is 19.1 Å². The number of rotatable bonds is 6. The number of carboxylic acid groups (broad SMARTS) is 1. The van der Waals surface area contributed by atoms with Gasteiger partial charge >= 0.3 is 5.97 Å². The summed E-state index contributed by atoms with van der Waals surface area (Å²) in [6.07, 6.45) is 3.53. The number of nitrogens with one attached hydrogen (secondary N) is 1. The summed E-state index contributed by atoms with van der Waals surface area (Å²) in [7, 11) is 0. The van der Waals surface area contributed by atoms with E-state index in [-0.39, 0.29) is 18.4 Å². The van der Waals surface area contributed by atoms with Crippen molar-refractivity contribution in [3.63, 3.8) is 0 Å². The second kappa shape index (κ2) is 8.80. The van der Waals surface area contributed by atoms with E-state index in [0.29, 0.717) is 11.5 Å². The number of carbonyl (C=O) groups excluding carboxylic acids is 1. The summed E-state index contributed by atoms with van der Waals surface area (Å²) in [6, 6.07) is 15.7. The van der Waals surface area contributed by atoms with Crippen LogP contribution in [0.5, 0.6) is 0 Å². The Kier molecular flexibility index (Phi) is 6.22. The summed E-state index contributed by atoms with van der Waals surface area (Å²) in [5.74, 6) is -2.00. The zero-order valence-electron chi connectivity index (χ0n) is 15.1. The van der Waals surface area contributed by atoms with Crippen LogP contribution in [0.4, 0.5) is 4.39 Å². The van der Waals surface area contributed by atoms with Gasteiger partial charge in [-0.05, 0) is 54.9 Å². The van der Waals surface area contributed by atoms with Crippen LogP contribution in [-0.2, 0) is 9.59 Å². The predicted octanol–water partition coefficient (Wildman–Crippen LogP) is 4.08. The van der Waals surface area contributed by atoms with E-state index in [2.05, 4.69) is 17.4 Å². The fourth-order valence-corrected chi connectivity index (χ4v) is 3.80. The molecule has 1 aliphatic rings. The highest BCUT2D eigenvalue weighted by Gasteiger charge is 2.28. The van der Waals surface area contributed by atoms with E-state index in [0.717, 1.165) is 25.7 Å². The third kappa shape index (κ3) is 4.94. The molecule has 1 unspecified atom stereocenters. The first-order valence-electron chi connectivity index (χ1n) is 9.35. The molecule has 27 heavy (non-hydrogen) atoms. The van der Waals surface area contributed by atoms with Gasteiger partial charge in [-0.25, -0.2) is 4.39 Å². The number of benzene rings is 2. The molecule has 2 aromatic carbocycles. The van der Waals surface area contributed by atoms with Crippen molar-refractivity contribution in [1.82, 2.24) is 5.32 Å².